The predicted octanol–water partition coefficient (Wildman–Crippen LogP) is 4.88. The zero-order chi connectivity index (χ0) is 35.1. The minimum Gasteiger partial charge on any atom is -0.496 e. The Kier molecular flexibility index (Phi) is 11.1. The number of hydrogen-bond donors (Lipinski definition) is 4. The van der Waals surface area contributed by atoms with Gasteiger partial charge in [-0.3, -0.25) is 24.6 Å². The highest BCUT2D eigenvalue weighted by atomic mass is 19.1. The molecule has 260 valence electrons. The van der Waals surface area contributed by atoms with E-state index in [1.807, 2.05) is 36.1 Å². The first-order chi connectivity index (χ1) is 23.4. The van der Waals surface area contributed by atoms with E-state index < -0.39 is 23.6 Å². The number of nitrogens with zero attached hydrogens (tertiary/aromatic N) is 3. The number of pyridine rings is 1. The molecule has 3 heterocycles. The molecule has 5 rings (SSSR count). The first-order valence-corrected chi connectivity index (χ1v) is 16.4. The summed E-state index contributed by atoms with van der Waals surface area (Å²) in [5, 5.41) is 17.1. The zero-order valence-corrected chi connectivity index (χ0v) is 28.6. The number of likely N-dealkylation sites (tertiary alicyclic amines) is 1. The topological polar surface area (TPSA) is 151 Å². The van der Waals surface area contributed by atoms with Crippen molar-refractivity contribution in [2.24, 2.45) is 0 Å². The number of aryl methyl sites for hydroxylation is 1. The van der Waals surface area contributed by atoms with Crippen LogP contribution in [0.3, 0.4) is 0 Å². The molecule has 1 saturated heterocycles. The number of ether oxygens (including phenoxy) is 2. The van der Waals surface area contributed by atoms with E-state index in [-0.39, 0.29) is 24.4 Å². The molecule has 2 aromatic heterocycles. The third kappa shape index (κ3) is 9.11. The van der Waals surface area contributed by atoms with Gasteiger partial charge in [0.2, 0.25) is 5.91 Å². The van der Waals surface area contributed by atoms with E-state index in [0.29, 0.717) is 55.8 Å². The molecule has 0 spiro atoms. The monoisotopic (exact) mass is 673 g/mol. The van der Waals surface area contributed by atoms with Gasteiger partial charge in [-0.25, -0.2) is 9.18 Å². The number of rotatable bonds is 11. The van der Waals surface area contributed by atoms with Crippen LogP contribution in [0, 0.1) is 12.7 Å². The second-order valence-corrected chi connectivity index (χ2v) is 13.2. The standard InChI is InChI=1S/C36H44FN7O5/c1-22-18-23(14-17-38-22)32-26-19-24(10-12-29(26)42-43-32)33(45)41-25-11-13-30(34(46)39-15-7-16-40-35(47)49-36(2,3)4)44(20-25)21-27-28(37)8-6-9-31(27)48-5/h6,8-10,12,14,17-19,25,30H,7,11,13,15-16,20-21H2,1-5H3,(H,39,46)(H,40,47)(H,41,45)(H,42,43)/t25-,30+/m1/s1. The van der Waals surface area contributed by atoms with Crippen LogP contribution in [0.25, 0.3) is 22.2 Å². The maximum atomic E-state index is 15.0. The Labute approximate surface area is 285 Å². The van der Waals surface area contributed by atoms with Gasteiger partial charge >= 0.3 is 6.09 Å². The van der Waals surface area contributed by atoms with Crippen molar-refractivity contribution in [2.75, 3.05) is 26.7 Å². The Morgan fingerprint density at radius 2 is 1.86 bits per heavy atom. The molecule has 1 fully saturated rings. The molecule has 2 atom stereocenters. The first kappa shape index (κ1) is 35.3. The van der Waals surface area contributed by atoms with Crippen LogP contribution < -0.4 is 20.7 Å². The van der Waals surface area contributed by atoms with Crippen molar-refractivity contribution >= 4 is 28.8 Å². The second-order valence-electron chi connectivity index (χ2n) is 13.2. The number of H-pyrrole nitrogens is 1. The molecule has 0 aliphatic carbocycles. The summed E-state index contributed by atoms with van der Waals surface area (Å²) in [6.45, 7) is 8.36. The number of carbonyl (C=O) groups excluding carboxylic acids is 3. The van der Waals surface area contributed by atoms with Crippen molar-refractivity contribution in [1.82, 2.24) is 36.0 Å². The molecule has 12 nitrogen and oxygen atoms in total. The highest BCUT2D eigenvalue weighted by Crippen LogP contribution is 2.29. The number of nitrogens with one attached hydrogen (secondary N) is 4. The van der Waals surface area contributed by atoms with Crippen molar-refractivity contribution < 1.29 is 28.2 Å². The zero-order valence-electron chi connectivity index (χ0n) is 28.6. The number of halogens is 1. The van der Waals surface area contributed by atoms with E-state index in [9.17, 15) is 14.4 Å². The van der Waals surface area contributed by atoms with Crippen molar-refractivity contribution in [3.8, 4) is 17.0 Å². The molecule has 0 radical (unpaired) electrons. The van der Waals surface area contributed by atoms with Gasteiger partial charge in [-0.1, -0.05) is 6.07 Å². The fourth-order valence-corrected chi connectivity index (χ4v) is 5.98. The molecule has 4 aromatic rings. The van der Waals surface area contributed by atoms with Gasteiger partial charge in [-0.15, -0.1) is 0 Å². The highest BCUT2D eigenvalue weighted by molar-refractivity contribution is 6.01. The predicted molar refractivity (Wildman–Crippen MR) is 184 cm³/mol. The largest absolute Gasteiger partial charge is 0.496 e. The summed E-state index contributed by atoms with van der Waals surface area (Å²) < 4.78 is 25.7. The van der Waals surface area contributed by atoms with Crippen LogP contribution in [0.15, 0.2) is 54.7 Å². The lowest BCUT2D eigenvalue weighted by atomic mass is 9.96. The van der Waals surface area contributed by atoms with Gasteiger partial charge in [0.05, 0.1) is 18.7 Å². The molecule has 2 aromatic carbocycles. The Bertz CT molecular complexity index is 1800. The minimum atomic E-state index is -0.600. The third-order valence-electron chi connectivity index (χ3n) is 8.30. The number of methoxy groups -OCH3 is 1. The summed E-state index contributed by atoms with van der Waals surface area (Å²) in [4.78, 5) is 45.1. The van der Waals surface area contributed by atoms with E-state index in [2.05, 4.69) is 31.1 Å². The van der Waals surface area contributed by atoms with Crippen LogP contribution in [0.5, 0.6) is 5.75 Å². The summed E-state index contributed by atoms with van der Waals surface area (Å²) >= 11 is 0. The number of hydrogen-bond acceptors (Lipinski definition) is 8. The summed E-state index contributed by atoms with van der Waals surface area (Å²) in [5.41, 5.74) is 3.50. The average molecular weight is 674 g/mol. The lowest BCUT2D eigenvalue weighted by molar-refractivity contribution is -0.128. The van der Waals surface area contributed by atoms with Gasteiger partial charge in [0, 0.05) is 66.2 Å². The molecular formula is C36H44FN7O5. The molecule has 0 saturated carbocycles. The number of piperidine rings is 1. The van der Waals surface area contributed by atoms with Gasteiger partial charge in [-0.2, -0.15) is 5.10 Å². The van der Waals surface area contributed by atoms with Crippen molar-refractivity contribution in [3.63, 3.8) is 0 Å². The van der Waals surface area contributed by atoms with Crippen LogP contribution >= 0.6 is 0 Å². The van der Waals surface area contributed by atoms with Crippen LogP contribution in [0.1, 0.15) is 61.6 Å². The van der Waals surface area contributed by atoms with E-state index >= 15 is 4.39 Å². The van der Waals surface area contributed by atoms with Crippen LogP contribution in [-0.4, -0.2) is 82.4 Å². The van der Waals surface area contributed by atoms with Crippen LogP contribution in [0.2, 0.25) is 0 Å². The lowest BCUT2D eigenvalue weighted by Gasteiger charge is -2.39. The van der Waals surface area contributed by atoms with Crippen molar-refractivity contribution in [3.05, 3.63) is 77.4 Å². The second kappa shape index (κ2) is 15.5. The SMILES string of the molecule is COc1cccc(F)c1CN1C[C@H](NC(=O)c2ccc3[nH]nc(-c4ccnc(C)c4)c3c2)CC[C@H]1C(=O)NCCCNC(=O)OC(C)(C)C. The number of amides is 3. The fourth-order valence-electron chi connectivity index (χ4n) is 5.98. The van der Waals surface area contributed by atoms with Gasteiger partial charge in [-0.05, 0) is 89.4 Å². The summed E-state index contributed by atoms with van der Waals surface area (Å²) in [5.74, 6) is -0.519. The van der Waals surface area contributed by atoms with E-state index in [1.54, 1.807) is 45.2 Å². The van der Waals surface area contributed by atoms with Gasteiger partial charge in [0.15, 0.2) is 0 Å². The summed E-state index contributed by atoms with van der Waals surface area (Å²) in [6, 6.07) is 13.0. The maximum absolute atomic E-state index is 15.0. The third-order valence-corrected chi connectivity index (χ3v) is 8.30. The average Bonchev–Trinajstić information content (AvgIpc) is 3.48. The van der Waals surface area contributed by atoms with E-state index in [0.717, 1.165) is 27.9 Å². The molecular weight excluding hydrogens is 629 g/mol. The highest BCUT2D eigenvalue weighted by Gasteiger charge is 2.35. The molecule has 0 unspecified atom stereocenters. The molecule has 49 heavy (non-hydrogen) atoms. The number of carbonyl (C=O) groups is 3. The number of aromatic amines is 1. The smallest absolute Gasteiger partial charge is 0.407 e. The van der Waals surface area contributed by atoms with E-state index in [1.165, 1.54) is 13.2 Å². The van der Waals surface area contributed by atoms with Crippen molar-refractivity contribution in [2.45, 2.75) is 71.2 Å². The van der Waals surface area contributed by atoms with Crippen LogP contribution in [-0.2, 0) is 16.1 Å². The first-order valence-electron chi connectivity index (χ1n) is 16.4. The molecule has 0 bridgehead atoms. The fraction of sp³-hybridized carbons (Fsp3) is 0.417. The van der Waals surface area contributed by atoms with Gasteiger partial charge < -0.3 is 25.4 Å². The Morgan fingerprint density at radius 1 is 1.06 bits per heavy atom. The minimum absolute atomic E-state index is 0.107. The van der Waals surface area contributed by atoms with Gasteiger partial charge in [0.1, 0.15) is 22.9 Å². The Morgan fingerprint density at radius 3 is 2.61 bits per heavy atom. The maximum Gasteiger partial charge on any atom is 0.407 e. The normalized spacial score (nSPS) is 16.6. The number of benzene rings is 2. The van der Waals surface area contributed by atoms with E-state index in [4.69, 9.17) is 9.47 Å². The molecule has 1 aliphatic heterocycles. The molecule has 1 aliphatic rings. The number of aromatic nitrogens is 3. The van der Waals surface area contributed by atoms with Gasteiger partial charge in [0.25, 0.3) is 5.91 Å². The molecule has 4 N–H and O–H groups in total. The quantitative estimate of drug-likeness (QED) is 0.165. The lowest BCUT2D eigenvalue weighted by Crippen LogP contribution is -2.56. The summed E-state index contributed by atoms with van der Waals surface area (Å²) in [6.07, 6.45) is 2.70. The summed E-state index contributed by atoms with van der Waals surface area (Å²) in [7, 11) is 1.48. The molecule has 3 amide bonds. The van der Waals surface area contributed by atoms with Crippen molar-refractivity contribution in [1.29, 1.82) is 0 Å². The molecule has 13 heteroatoms. The number of fused-ring (bicyclic) bond motifs is 1. The number of alkyl carbamates (subject to hydrolysis) is 1. The van der Waals surface area contributed by atoms with Crippen LogP contribution in [0.4, 0.5) is 9.18 Å². The Balaban J connectivity index is 1.26. The Hall–Kier alpha value is -5.04.